The lowest BCUT2D eigenvalue weighted by Gasteiger charge is -2.42. The van der Waals surface area contributed by atoms with Gasteiger partial charge in [-0.15, -0.1) is 0 Å². The average Bonchev–Trinajstić information content (AvgIpc) is 2.94. The molecule has 6 heteroatoms. The summed E-state index contributed by atoms with van der Waals surface area (Å²) in [6.07, 6.45) is 1.97. The van der Waals surface area contributed by atoms with Gasteiger partial charge in [-0.05, 0) is 30.2 Å². The third-order valence-electron chi connectivity index (χ3n) is 6.30. The molecule has 0 radical (unpaired) electrons. The van der Waals surface area contributed by atoms with Crippen LogP contribution in [0.25, 0.3) is 10.9 Å². The molecule has 1 N–H and O–H groups in total. The summed E-state index contributed by atoms with van der Waals surface area (Å²) in [5, 5.41) is 3.81. The smallest absolute Gasteiger partial charge is 0.356 e. The summed E-state index contributed by atoms with van der Waals surface area (Å²) in [6.45, 7) is 8.23. The fourth-order valence-corrected chi connectivity index (χ4v) is 3.84. The van der Waals surface area contributed by atoms with Crippen LogP contribution in [-0.2, 0) is 11.8 Å². The molecule has 0 spiro atoms. The fraction of sp³-hybridized carbons (Fsp3) is 0.524. The number of anilines is 1. The predicted octanol–water partition coefficient (Wildman–Crippen LogP) is 4.25. The zero-order valence-corrected chi connectivity index (χ0v) is 16.8. The maximum atomic E-state index is 12.9. The van der Waals surface area contributed by atoms with Crippen LogP contribution in [0.2, 0.25) is 0 Å². The van der Waals surface area contributed by atoms with Gasteiger partial charge in [0, 0.05) is 25.5 Å². The number of carbonyl (C=O) groups is 2. The molecule has 3 rings (SSSR count). The molecule has 0 saturated carbocycles. The molecule has 1 aromatic heterocycles. The average molecular weight is 371 g/mol. The molecule has 0 aliphatic carbocycles. The van der Waals surface area contributed by atoms with Crippen LogP contribution in [0.4, 0.5) is 10.5 Å². The lowest BCUT2D eigenvalue weighted by Crippen LogP contribution is -2.45. The zero-order valence-electron chi connectivity index (χ0n) is 16.8. The number of esters is 1. The number of urea groups is 1. The van der Waals surface area contributed by atoms with Crippen molar-refractivity contribution in [2.75, 3.05) is 25.5 Å². The van der Waals surface area contributed by atoms with Crippen LogP contribution in [0.5, 0.6) is 0 Å². The van der Waals surface area contributed by atoms with Crippen LogP contribution >= 0.6 is 0 Å². The number of amides is 2. The number of para-hydroxylation sites is 1. The van der Waals surface area contributed by atoms with Crippen molar-refractivity contribution in [3.8, 4) is 0 Å². The lowest BCUT2D eigenvalue weighted by atomic mass is 9.72. The second-order valence-electron chi connectivity index (χ2n) is 8.02. The van der Waals surface area contributed by atoms with E-state index in [2.05, 4.69) is 26.1 Å². The number of hydrogen-bond acceptors (Lipinski definition) is 3. The van der Waals surface area contributed by atoms with Crippen LogP contribution in [0.3, 0.4) is 0 Å². The number of ether oxygens (including phenoxy) is 1. The van der Waals surface area contributed by atoms with Gasteiger partial charge >= 0.3 is 12.0 Å². The van der Waals surface area contributed by atoms with Crippen molar-refractivity contribution in [1.82, 2.24) is 9.47 Å². The molecule has 0 unspecified atom stereocenters. The number of aromatic nitrogens is 1. The number of rotatable bonds is 3. The minimum Gasteiger partial charge on any atom is -0.464 e. The van der Waals surface area contributed by atoms with Gasteiger partial charge in [-0.3, -0.25) is 0 Å². The van der Waals surface area contributed by atoms with Gasteiger partial charge in [0.05, 0.1) is 18.3 Å². The number of nitrogens with zero attached hydrogens (tertiary/aromatic N) is 2. The summed E-state index contributed by atoms with van der Waals surface area (Å²) in [5.41, 5.74) is 2.02. The first kappa shape index (κ1) is 19.3. The van der Waals surface area contributed by atoms with Crippen LogP contribution in [0, 0.1) is 11.3 Å². The van der Waals surface area contributed by atoms with Crippen LogP contribution in [0.1, 0.15) is 44.1 Å². The Balaban J connectivity index is 1.87. The van der Waals surface area contributed by atoms with E-state index in [1.165, 1.54) is 7.11 Å². The monoisotopic (exact) mass is 371 g/mol. The van der Waals surface area contributed by atoms with E-state index in [0.29, 0.717) is 17.3 Å². The van der Waals surface area contributed by atoms with E-state index in [0.717, 1.165) is 36.8 Å². The largest absolute Gasteiger partial charge is 0.464 e. The van der Waals surface area contributed by atoms with Crippen molar-refractivity contribution in [2.24, 2.45) is 18.4 Å². The van der Waals surface area contributed by atoms with E-state index in [1.807, 2.05) is 29.2 Å². The molecule has 2 amide bonds. The molecule has 1 aliphatic rings. The topological polar surface area (TPSA) is 63.6 Å². The highest BCUT2D eigenvalue weighted by Gasteiger charge is 2.35. The number of methoxy groups -OCH3 is 1. The van der Waals surface area contributed by atoms with Crippen molar-refractivity contribution in [3.63, 3.8) is 0 Å². The van der Waals surface area contributed by atoms with E-state index in [-0.39, 0.29) is 11.4 Å². The summed E-state index contributed by atoms with van der Waals surface area (Å²) in [5.74, 6) is 0.127. The summed E-state index contributed by atoms with van der Waals surface area (Å²) in [4.78, 5) is 27.1. The molecule has 1 aromatic carbocycles. The van der Waals surface area contributed by atoms with Gasteiger partial charge in [-0.1, -0.05) is 39.0 Å². The van der Waals surface area contributed by atoms with Gasteiger partial charge in [0.1, 0.15) is 0 Å². The highest BCUT2D eigenvalue weighted by atomic mass is 16.5. The molecule has 0 bridgehead atoms. The van der Waals surface area contributed by atoms with E-state index in [4.69, 9.17) is 4.74 Å². The van der Waals surface area contributed by atoms with E-state index < -0.39 is 5.97 Å². The maximum Gasteiger partial charge on any atom is 0.356 e. The Kier molecular flexibility index (Phi) is 5.18. The number of likely N-dealkylation sites (tertiary alicyclic amines) is 1. The highest BCUT2D eigenvalue weighted by molar-refractivity contribution is 6.11. The second-order valence-corrected chi connectivity index (χ2v) is 8.02. The minimum atomic E-state index is -0.463. The molecule has 27 heavy (non-hydrogen) atoms. The first-order valence-corrected chi connectivity index (χ1v) is 9.50. The number of carbonyl (C=O) groups excluding carboxylic acids is 2. The van der Waals surface area contributed by atoms with Gasteiger partial charge in [-0.2, -0.15) is 0 Å². The molecule has 6 nitrogen and oxygen atoms in total. The normalized spacial score (nSPS) is 16.6. The third-order valence-corrected chi connectivity index (χ3v) is 6.30. The third kappa shape index (κ3) is 3.40. The molecule has 1 fully saturated rings. The molecule has 0 atom stereocenters. The van der Waals surface area contributed by atoms with Crippen molar-refractivity contribution < 1.29 is 14.3 Å². The fourth-order valence-electron chi connectivity index (χ4n) is 3.84. The van der Waals surface area contributed by atoms with E-state index in [9.17, 15) is 9.59 Å². The number of nitrogens with one attached hydrogen (secondary N) is 1. The summed E-state index contributed by atoms with van der Waals surface area (Å²) in [7, 11) is 3.15. The van der Waals surface area contributed by atoms with Gasteiger partial charge in [-0.25, -0.2) is 9.59 Å². The second kappa shape index (κ2) is 7.25. The zero-order chi connectivity index (χ0) is 19.8. The Hall–Kier alpha value is -2.50. The predicted molar refractivity (Wildman–Crippen MR) is 107 cm³/mol. The summed E-state index contributed by atoms with van der Waals surface area (Å²) < 4.78 is 6.71. The van der Waals surface area contributed by atoms with Crippen molar-refractivity contribution in [1.29, 1.82) is 0 Å². The number of aryl methyl sites for hydroxylation is 1. The Bertz CT molecular complexity index is 861. The van der Waals surface area contributed by atoms with Gasteiger partial charge in [0.2, 0.25) is 0 Å². The molecule has 146 valence electrons. The van der Waals surface area contributed by atoms with Gasteiger partial charge < -0.3 is 19.5 Å². The summed E-state index contributed by atoms with van der Waals surface area (Å²) >= 11 is 0. The van der Waals surface area contributed by atoms with Crippen molar-refractivity contribution in [2.45, 2.75) is 33.6 Å². The van der Waals surface area contributed by atoms with Crippen molar-refractivity contribution >= 4 is 28.6 Å². The Morgan fingerprint density at radius 3 is 2.41 bits per heavy atom. The molecular formula is C21H29N3O3. The van der Waals surface area contributed by atoms with E-state index in [1.54, 1.807) is 11.6 Å². The minimum absolute atomic E-state index is 0.165. The number of benzene rings is 1. The molecule has 2 aromatic rings. The number of fused-ring (bicyclic) bond motifs is 1. The quantitative estimate of drug-likeness (QED) is 0.820. The van der Waals surface area contributed by atoms with Gasteiger partial charge in [0.15, 0.2) is 5.69 Å². The Morgan fingerprint density at radius 1 is 1.19 bits per heavy atom. The van der Waals surface area contributed by atoms with Gasteiger partial charge in [0.25, 0.3) is 0 Å². The Morgan fingerprint density at radius 2 is 1.81 bits per heavy atom. The highest BCUT2D eigenvalue weighted by Crippen LogP contribution is 2.38. The van der Waals surface area contributed by atoms with Crippen LogP contribution in [0.15, 0.2) is 24.3 Å². The van der Waals surface area contributed by atoms with Crippen LogP contribution in [-0.4, -0.2) is 41.7 Å². The van der Waals surface area contributed by atoms with Crippen LogP contribution < -0.4 is 5.32 Å². The maximum absolute atomic E-state index is 12.9. The summed E-state index contributed by atoms with van der Waals surface area (Å²) in [6, 6.07) is 7.47. The number of hydrogen-bond donors (Lipinski definition) is 1. The SMILES string of the molecule is COC(=O)c1c(NC(=O)N2CCC(C)(C(C)C)CC2)c2ccccc2n1C. The van der Waals surface area contributed by atoms with E-state index >= 15 is 0 Å². The van der Waals surface area contributed by atoms with Crippen molar-refractivity contribution in [3.05, 3.63) is 30.0 Å². The molecule has 2 heterocycles. The molecule has 1 saturated heterocycles. The molecular weight excluding hydrogens is 342 g/mol. The lowest BCUT2D eigenvalue weighted by molar-refractivity contribution is 0.0591. The molecule has 1 aliphatic heterocycles. The first-order chi connectivity index (χ1) is 12.8. The Labute approximate surface area is 160 Å². The standard InChI is InChI=1S/C21H29N3O3/c1-14(2)21(3)10-12-24(13-11-21)20(26)22-17-15-8-6-7-9-16(15)23(4)18(17)19(25)27-5/h6-9,14H,10-13H2,1-5H3,(H,22,26). The number of piperidine rings is 1. The first-order valence-electron chi connectivity index (χ1n) is 9.50.